The van der Waals surface area contributed by atoms with Crippen molar-refractivity contribution in [1.29, 1.82) is 0 Å². The van der Waals surface area contributed by atoms with Crippen molar-refractivity contribution in [3.63, 3.8) is 0 Å². The number of hydrogen-bond acceptors (Lipinski definition) is 4. The van der Waals surface area contributed by atoms with Crippen LogP contribution in [0, 0.1) is 9.39 Å². The summed E-state index contributed by atoms with van der Waals surface area (Å²) in [6.45, 7) is 2.31. The smallest absolute Gasteiger partial charge is 0.242 e. The number of thioether (sulfide) groups is 1. The van der Waals surface area contributed by atoms with Crippen LogP contribution >= 0.6 is 34.4 Å². The monoisotopic (exact) mass is 497 g/mol. The lowest BCUT2D eigenvalue weighted by molar-refractivity contribution is -0.128. The normalized spacial score (nSPS) is 18.2. The largest absolute Gasteiger partial charge is 0.326 e. The molecule has 2 aromatic rings. The zero-order chi connectivity index (χ0) is 19.4. The minimum Gasteiger partial charge on any atom is -0.326 e. The van der Waals surface area contributed by atoms with Crippen LogP contribution in [0.2, 0.25) is 0 Å². The van der Waals surface area contributed by atoms with Gasteiger partial charge in [0, 0.05) is 22.2 Å². The number of carbonyl (C=O) groups excluding carboxylic acids is 2. The quantitative estimate of drug-likeness (QED) is 0.623. The zero-order valence-electron chi connectivity index (χ0n) is 14.5. The van der Waals surface area contributed by atoms with E-state index in [4.69, 9.17) is 0 Å². The fraction of sp³-hybridized carbons (Fsp3) is 0.211. The third-order valence-electron chi connectivity index (χ3n) is 3.89. The predicted molar refractivity (Wildman–Crippen MR) is 115 cm³/mol. The standard InChI is InChI=1S/C19H17FIN3O2S/c1-2-24-18(26)16(11-17(25)22-14-9-5-13(21)6-10-14)27-19(24)23-15-7-3-12(20)4-8-15/h3-10,16H,2,11H2,1H3,(H,22,25). The van der Waals surface area contributed by atoms with E-state index in [1.165, 1.54) is 23.9 Å². The number of benzene rings is 2. The lowest BCUT2D eigenvalue weighted by Gasteiger charge is -2.13. The highest BCUT2D eigenvalue weighted by molar-refractivity contribution is 14.1. The Balaban J connectivity index is 1.69. The van der Waals surface area contributed by atoms with E-state index in [9.17, 15) is 14.0 Å². The van der Waals surface area contributed by atoms with E-state index in [1.54, 1.807) is 17.0 Å². The van der Waals surface area contributed by atoms with Crippen molar-refractivity contribution >= 4 is 62.7 Å². The van der Waals surface area contributed by atoms with Crippen LogP contribution in [0.3, 0.4) is 0 Å². The van der Waals surface area contributed by atoms with Crippen molar-refractivity contribution in [1.82, 2.24) is 4.90 Å². The van der Waals surface area contributed by atoms with Gasteiger partial charge in [0.2, 0.25) is 11.8 Å². The maximum absolute atomic E-state index is 13.0. The number of amidine groups is 1. The van der Waals surface area contributed by atoms with Crippen LogP contribution in [-0.2, 0) is 9.59 Å². The number of carbonyl (C=O) groups is 2. The van der Waals surface area contributed by atoms with Gasteiger partial charge in [0.15, 0.2) is 5.17 Å². The van der Waals surface area contributed by atoms with Gasteiger partial charge < -0.3 is 5.32 Å². The Labute approximate surface area is 174 Å². The van der Waals surface area contributed by atoms with E-state index in [0.717, 1.165) is 3.57 Å². The van der Waals surface area contributed by atoms with Crippen LogP contribution in [0.1, 0.15) is 13.3 Å². The topological polar surface area (TPSA) is 61.8 Å². The first-order valence-corrected chi connectivity index (χ1v) is 10.3. The second-order valence-corrected chi connectivity index (χ2v) is 8.23. The first-order valence-electron chi connectivity index (χ1n) is 8.34. The summed E-state index contributed by atoms with van der Waals surface area (Å²) in [5.41, 5.74) is 1.26. The van der Waals surface area contributed by atoms with Crippen LogP contribution in [0.5, 0.6) is 0 Å². The van der Waals surface area contributed by atoms with Gasteiger partial charge in [-0.25, -0.2) is 9.38 Å². The molecule has 8 heteroatoms. The van der Waals surface area contributed by atoms with Gasteiger partial charge in [-0.15, -0.1) is 0 Å². The van der Waals surface area contributed by atoms with Gasteiger partial charge >= 0.3 is 0 Å². The molecule has 0 spiro atoms. The molecule has 0 aromatic heterocycles. The molecule has 1 saturated heterocycles. The molecule has 2 amide bonds. The highest BCUT2D eigenvalue weighted by Crippen LogP contribution is 2.31. The fourth-order valence-electron chi connectivity index (χ4n) is 2.56. The number of anilines is 1. The number of rotatable bonds is 5. The van der Waals surface area contributed by atoms with Crippen molar-refractivity contribution in [3.05, 3.63) is 57.9 Å². The Kier molecular flexibility index (Phi) is 6.48. The van der Waals surface area contributed by atoms with E-state index in [0.29, 0.717) is 23.1 Å². The summed E-state index contributed by atoms with van der Waals surface area (Å²) in [7, 11) is 0. The lowest BCUT2D eigenvalue weighted by atomic mass is 10.2. The average molecular weight is 497 g/mol. The summed E-state index contributed by atoms with van der Waals surface area (Å²) >= 11 is 3.45. The summed E-state index contributed by atoms with van der Waals surface area (Å²) in [5.74, 6) is -0.700. The molecular formula is C19H17FIN3O2S. The van der Waals surface area contributed by atoms with Gasteiger partial charge in [-0.05, 0) is 78.0 Å². The summed E-state index contributed by atoms with van der Waals surface area (Å²) in [4.78, 5) is 30.9. The van der Waals surface area contributed by atoms with Gasteiger partial charge in [-0.2, -0.15) is 0 Å². The van der Waals surface area contributed by atoms with Crippen LogP contribution < -0.4 is 5.32 Å². The molecule has 1 heterocycles. The number of nitrogens with zero attached hydrogens (tertiary/aromatic N) is 2. The number of aliphatic imine (C=N–C) groups is 1. The highest BCUT2D eigenvalue weighted by atomic mass is 127. The van der Waals surface area contributed by atoms with E-state index >= 15 is 0 Å². The molecule has 1 aliphatic rings. The number of amides is 2. The summed E-state index contributed by atoms with van der Waals surface area (Å²) in [6, 6.07) is 13.2. The minimum absolute atomic E-state index is 0.0639. The molecule has 0 aliphatic carbocycles. The molecule has 1 fully saturated rings. The first kappa shape index (κ1) is 19.8. The number of halogens is 2. The Hall–Kier alpha value is -1.94. The Morgan fingerprint density at radius 3 is 2.52 bits per heavy atom. The molecule has 3 rings (SSSR count). The fourth-order valence-corrected chi connectivity index (χ4v) is 4.14. The average Bonchev–Trinajstić information content (AvgIpc) is 2.93. The van der Waals surface area contributed by atoms with E-state index < -0.39 is 5.25 Å². The van der Waals surface area contributed by atoms with Crippen molar-refractivity contribution in [2.45, 2.75) is 18.6 Å². The van der Waals surface area contributed by atoms with Crippen molar-refractivity contribution in [2.24, 2.45) is 4.99 Å². The van der Waals surface area contributed by atoms with Crippen LogP contribution in [0.15, 0.2) is 53.5 Å². The van der Waals surface area contributed by atoms with Crippen molar-refractivity contribution in [2.75, 3.05) is 11.9 Å². The van der Waals surface area contributed by atoms with Gasteiger partial charge in [0.25, 0.3) is 0 Å². The third kappa shape index (κ3) is 5.07. The maximum Gasteiger partial charge on any atom is 0.242 e. The predicted octanol–water partition coefficient (Wildman–Crippen LogP) is 4.41. The molecular weight excluding hydrogens is 480 g/mol. The molecule has 0 bridgehead atoms. The lowest BCUT2D eigenvalue weighted by Crippen LogP contribution is -2.33. The molecule has 5 nitrogen and oxygen atoms in total. The van der Waals surface area contributed by atoms with Gasteiger partial charge in [0.1, 0.15) is 11.1 Å². The first-order chi connectivity index (χ1) is 13.0. The second-order valence-electron chi connectivity index (χ2n) is 5.82. The zero-order valence-corrected chi connectivity index (χ0v) is 17.5. The van der Waals surface area contributed by atoms with Crippen molar-refractivity contribution in [3.8, 4) is 0 Å². The molecule has 1 aliphatic heterocycles. The van der Waals surface area contributed by atoms with Crippen LogP contribution in [0.25, 0.3) is 0 Å². The maximum atomic E-state index is 13.0. The number of nitrogens with one attached hydrogen (secondary N) is 1. The third-order valence-corrected chi connectivity index (χ3v) is 5.78. The minimum atomic E-state index is -0.520. The Morgan fingerprint density at radius 1 is 1.22 bits per heavy atom. The van der Waals surface area contributed by atoms with Gasteiger partial charge in [0.05, 0.1) is 5.69 Å². The highest BCUT2D eigenvalue weighted by Gasteiger charge is 2.38. The molecule has 0 saturated carbocycles. The number of hydrogen-bond donors (Lipinski definition) is 1. The van der Waals surface area contributed by atoms with Gasteiger partial charge in [-0.1, -0.05) is 11.8 Å². The molecule has 1 unspecified atom stereocenters. The van der Waals surface area contributed by atoms with Crippen LogP contribution in [0.4, 0.5) is 15.8 Å². The summed E-state index contributed by atoms with van der Waals surface area (Å²) < 4.78 is 14.1. The molecule has 0 radical (unpaired) electrons. The van der Waals surface area contributed by atoms with E-state index in [-0.39, 0.29) is 24.1 Å². The molecule has 1 atom stereocenters. The Bertz CT molecular complexity index is 872. The molecule has 1 N–H and O–H groups in total. The van der Waals surface area contributed by atoms with E-state index in [1.807, 2.05) is 31.2 Å². The van der Waals surface area contributed by atoms with E-state index in [2.05, 4.69) is 32.9 Å². The Morgan fingerprint density at radius 2 is 1.89 bits per heavy atom. The SMILES string of the molecule is CCN1C(=O)C(CC(=O)Nc2ccc(I)cc2)SC1=Nc1ccc(F)cc1. The molecule has 140 valence electrons. The molecule has 2 aromatic carbocycles. The second kappa shape index (κ2) is 8.83. The molecule has 27 heavy (non-hydrogen) atoms. The van der Waals surface area contributed by atoms with Crippen LogP contribution in [-0.4, -0.2) is 33.7 Å². The summed E-state index contributed by atoms with van der Waals surface area (Å²) in [5, 5.41) is 2.82. The van der Waals surface area contributed by atoms with Crippen molar-refractivity contribution < 1.29 is 14.0 Å². The summed E-state index contributed by atoms with van der Waals surface area (Å²) in [6.07, 6.45) is 0.0639. The van der Waals surface area contributed by atoms with Gasteiger partial charge in [-0.3, -0.25) is 14.5 Å².